The number of halogens is 1. The molecule has 0 atom stereocenters. The fourth-order valence-corrected chi connectivity index (χ4v) is 3.04. The molecule has 0 saturated heterocycles. The van der Waals surface area contributed by atoms with Crippen LogP contribution in [0.15, 0.2) is 46.6 Å². The minimum atomic E-state index is -0.471. The van der Waals surface area contributed by atoms with Crippen molar-refractivity contribution in [3.05, 3.63) is 63.5 Å². The summed E-state index contributed by atoms with van der Waals surface area (Å²) in [4.78, 5) is 40.8. The molecule has 126 valence electrons. The summed E-state index contributed by atoms with van der Waals surface area (Å²) in [6, 6.07) is 9.82. The predicted molar refractivity (Wildman–Crippen MR) is 92.6 cm³/mol. The lowest BCUT2D eigenvalue weighted by Crippen LogP contribution is -2.22. The maximum Gasteiger partial charge on any atom is 0.337 e. The summed E-state index contributed by atoms with van der Waals surface area (Å²) in [5.74, 6) is -1.36. The molecule has 1 aromatic heterocycles. The fourth-order valence-electron chi connectivity index (χ4n) is 2.51. The Morgan fingerprint density at radius 3 is 2.52 bits per heavy atom. The van der Waals surface area contributed by atoms with Crippen molar-refractivity contribution < 1.29 is 23.9 Å². The van der Waals surface area contributed by atoms with Gasteiger partial charge in [0, 0.05) is 5.56 Å². The molecule has 25 heavy (non-hydrogen) atoms. The molecule has 3 rings (SSSR count). The van der Waals surface area contributed by atoms with Crippen LogP contribution in [0.1, 0.15) is 31.2 Å². The van der Waals surface area contributed by atoms with Crippen molar-refractivity contribution in [1.82, 2.24) is 4.98 Å². The van der Waals surface area contributed by atoms with E-state index in [0.29, 0.717) is 16.8 Å². The first-order chi connectivity index (χ1) is 12.0. The van der Waals surface area contributed by atoms with Gasteiger partial charge < -0.3 is 9.47 Å². The highest BCUT2D eigenvalue weighted by Gasteiger charge is 2.33. The Kier molecular flexibility index (Phi) is 4.50. The number of allylic oxidation sites excluding steroid dienone is 2. The maximum atomic E-state index is 12.5. The van der Waals surface area contributed by atoms with Crippen molar-refractivity contribution in [2.24, 2.45) is 0 Å². The molecule has 0 aliphatic heterocycles. The molecule has 2 aromatic rings. The van der Waals surface area contributed by atoms with Crippen molar-refractivity contribution >= 4 is 33.5 Å². The topological polar surface area (TPSA) is 82.6 Å². The number of hydrogen-bond acceptors (Lipinski definition) is 6. The van der Waals surface area contributed by atoms with Gasteiger partial charge in [-0.2, -0.15) is 0 Å². The number of benzene rings is 1. The first-order valence-corrected chi connectivity index (χ1v) is 8.00. The highest BCUT2D eigenvalue weighted by molar-refractivity contribution is 9.12. The Bertz CT molecular complexity index is 948. The highest BCUT2D eigenvalue weighted by Crippen LogP contribution is 2.31. The third-order valence-corrected chi connectivity index (χ3v) is 4.46. The molecule has 1 aliphatic rings. The summed E-state index contributed by atoms with van der Waals surface area (Å²) in [7, 11) is 2.63. The lowest BCUT2D eigenvalue weighted by Gasteiger charge is -2.17. The van der Waals surface area contributed by atoms with Crippen LogP contribution >= 0.6 is 15.9 Å². The van der Waals surface area contributed by atoms with Crippen LogP contribution in [-0.2, 0) is 9.47 Å². The first kappa shape index (κ1) is 17.0. The number of methoxy groups -OCH3 is 2. The zero-order chi connectivity index (χ0) is 18.1. The standard InChI is InChI=1S/C18H12BrNO5/c1-24-17-13(19)16(22)14-11(15(17)21)6-7-12(20-14)9-4-3-5-10(8-9)18(23)25-2/h3-8H,1-2H3. The minimum Gasteiger partial charge on any atom is -0.491 e. The number of nitrogens with zero attached hydrogens (tertiary/aromatic N) is 1. The SMILES string of the molecule is COC(=O)c1cccc(-c2ccc3c(n2)C(=O)C(Br)=C(OC)C3=O)c1. The van der Waals surface area contributed by atoms with Gasteiger partial charge in [-0.25, -0.2) is 9.78 Å². The van der Waals surface area contributed by atoms with Gasteiger partial charge in [-0.15, -0.1) is 0 Å². The second-order valence-electron chi connectivity index (χ2n) is 5.17. The lowest BCUT2D eigenvalue weighted by atomic mass is 9.96. The summed E-state index contributed by atoms with van der Waals surface area (Å²) in [5, 5.41) is 0. The number of esters is 1. The number of pyridine rings is 1. The van der Waals surface area contributed by atoms with Crippen LogP contribution in [0.4, 0.5) is 0 Å². The molecule has 0 unspecified atom stereocenters. The fraction of sp³-hybridized carbons (Fsp3) is 0.111. The normalized spacial score (nSPS) is 13.6. The summed E-state index contributed by atoms with van der Waals surface area (Å²) in [6.07, 6.45) is 0. The molecule has 1 aromatic carbocycles. The molecule has 0 N–H and O–H groups in total. The summed E-state index contributed by atoms with van der Waals surface area (Å²) < 4.78 is 9.74. The summed E-state index contributed by atoms with van der Waals surface area (Å²) in [5.41, 5.74) is 1.68. The molecule has 6 nitrogen and oxygen atoms in total. The molecule has 0 amide bonds. The van der Waals surface area contributed by atoms with E-state index in [1.54, 1.807) is 30.3 Å². The maximum absolute atomic E-state index is 12.5. The quantitative estimate of drug-likeness (QED) is 0.734. The van der Waals surface area contributed by atoms with E-state index in [4.69, 9.17) is 9.47 Å². The third-order valence-electron chi connectivity index (χ3n) is 3.74. The Hall–Kier alpha value is -2.80. The third kappa shape index (κ3) is 2.87. The number of hydrogen-bond donors (Lipinski definition) is 0. The van der Waals surface area contributed by atoms with Gasteiger partial charge in [0.15, 0.2) is 5.76 Å². The monoisotopic (exact) mass is 401 g/mol. The molecule has 1 heterocycles. The molecule has 0 saturated carbocycles. The molecular formula is C18H12BrNO5. The van der Waals surface area contributed by atoms with Gasteiger partial charge in [-0.1, -0.05) is 12.1 Å². The predicted octanol–water partition coefficient (Wildman–Crippen LogP) is 3.17. The number of ketones is 2. The van der Waals surface area contributed by atoms with E-state index < -0.39 is 17.5 Å². The van der Waals surface area contributed by atoms with E-state index in [1.807, 2.05) is 0 Å². The second kappa shape index (κ2) is 6.60. The van der Waals surface area contributed by atoms with Crippen molar-refractivity contribution in [2.75, 3.05) is 14.2 Å². The van der Waals surface area contributed by atoms with Gasteiger partial charge in [-0.05, 0) is 40.2 Å². The van der Waals surface area contributed by atoms with Crippen LogP contribution in [0, 0.1) is 0 Å². The van der Waals surface area contributed by atoms with Crippen LogP contribution in [0.25, 0.3) is 11.3 Å². The van der Waals surface area contributed by atoms with Gasteiger partial charge in [0.2, 0.25) is 11.6 Å². The number of Topliss-reactive ketones (excluding diaryl/α,β-unsaturated/α-hetero) is 2. The van der Waals surface area contributed by atoms with E-state index >= 15 is 0 Å². The second-order valence-corrected chi connectivity index (χ2v) is 5.96. The van der Waals surface area contributed by atoms with E-state index in [9.17, 15) is 14.4 Å². The summed E-state index contributed by atoms with van der Waals surface area (Å²) in [6.45, 7) is 0. The van der Waals surface area contributed by atoms with Crippen LogP contribution in [0.2, 0.25) is 0 Å². The van der Waals surface area contributed by atoms with Gasteiger partial charge in [0.1, 0.15) is 10.2 Å². The smallest absolute Gasteiger partial charge is 0.337 e. The van der Waals surface area contributed by atoms with Crippen molar-refractivity contribution in [1.29, 1.82) is 0 Å². The highest BCUT2D eigenvalue weighted by atomic mass is 79.9. The van der Waals surface area contributed by atoms with E-state index in [1.165, 1.54) is 20.3 Å². The zero-order valence-electron chi connectivity index (χ0n) is 13.3. The average Bonchev–Trinajstić information content (AvgIpc) is 2.65. The summed E-state index contributed by atoms with van der Waals surface area (Å²) >= 11 is 3.09. The minimum absolute atomic E-state index is 0.0404. The Morgan fingerprint density at radius 1 is 1.08 bits per heavy atom. The number of aromatic nitrogens is 1. The van der Waals surface area contributed by atoms with Crippen molar-refractivity contribution in [3.63, 3.8) is 0 Å². The van der Waals surface area contributed by atoms with E-state index in [2.05, 4.69) is 20.9 Å². The Labute approximate surface area is 151 Å². The van der Waals surface area contributed by atoms with Gasteiger partial charge >= 0.3 is 5.97 Å². The largest absolute Gasteiger partial charge is 0.491 e. The van der Waals surface area contributed by atoms with Gasteiger partial charge in [0.05, 0.1) is 31.0 Å². The molecular weight excluding hydrogens is 390 g/mol. The number of carbonyl (C=O) groups is 3. The number of ether oxygens (including phenoxy) is 2. The van der Waals surface area contributed by atoms with Crippen molar-refractivity contribution in [3.8, 4) is 11.3 Å². The molecule has 1 aliphatic carbocycles. The van der Waals surface area contributed by atoms with E-state index in [0.717, 1.165) is 0 Å². The van der Waals surface area contributed by atoms with Gasteiger partial charge in [0.25, 0.3) is 0 Å². The lowest BCUT2D eigenvalue weighted by molar-refractivity contribution is 0.0600. The van der Waals surface area contributed by atoms with Crippen LogP contribution in [-0.4, -0.2) is 36.7 Å². The Balaban J connectivity index is 2.09. The van der Waals surface area contributed by atoms with Crippen molar-refractivity contribution in [2.45, 2.75) is 0 Å². The van der Waals surface area contributed by atoms with Crippen LogP contribution in [0.5, 0.6) is 0 Å². The van der Waals surface area contributed by atoms with Crippen LogP contribution < -0.4 is 0 Å². The first-order valence-electron chi connectivity index (χ1n) is 7.21. The molecule has 0 radical (unpaired) electrons. The number of rotatable bonds is 3. The number of carbonyl (C=O) groups excluding carboxylic acids is 3. The average molecular weight is 402 g/mol. The number of fused-ring (bicyclic) bond motifs is 1. The van der Waals surface area contributed by atoms with Gasteiger partial charge in [-0.3, -0.25) is 9.59 Å². The molecule has 0 bridgehead atoms. The zero-order valence-corrected chi connectivity index (χ0v) is 14.9. The molecule has 0 fully saturated rings. The van der Waals surface area contributed by atoms with Crippen LogP contribution in [0.3, 0.4) is 0 Å². The van der Waals surface area contributed by atoms with E-state index in [-0.39, 0.29) is 21.5 Å². The molecule has 0 spiro atoms. The molecule has 7 heteroatoms. The Morgan fingerprint density at radius 2 is 1.84 bits per heavy atom.